The van der Waals surface area contributed by atoms with Crippen LogP contribution >= 0.6 is 0 Å². The first kappa shape index (κ1) is 15.0. The molecule has 102 valence electrons. The van der Waals surface area contributed by atoms with Crippen LogP contribution < -0.4 is 0 Å². The molecule has 0 aromatic carbocycles. The van der Waals surface area contributed by atoms with Crippen LogP contribution in [0.15, 0.2) is 12.3 Å². The van der Waals surface area contributed by atoms with Gasteiger partial charge in [-0.25, -0.2) is 9.37 Å². The third-order valence-electron chi connectivity index (χ3n) is 2.44. The molecule has 0 aliphatic heterocycles. The van der Waals surface area contributed by atoms with E-state index in [0.717, 1.165) is 12.3 Å². The second-order valence-corrected chi connectivity index (χ2v) is 4.52. The van der Waals surface area contributed by atoms with E-state index in [1.54, 1.807) is 0 Å². The smallest absolute Gasteiger partial charge is 0.257 e. The Morgan fingerprint density at radius 2 is 2.21 bits per heavy atom. The normalized spacial score (nSPS) is 10.3. The van der Waals surface area contributed by atoms with Crippen LogP contribution in [0.25, 0.3) is 0 Å². The summed E-state index contributed by atoms with van der Waals surface area (Å²) in [5, 5.41) is 8.57. The standard InChI is InChI=1S/C13H15F2N3O/c1-9(2)8-18(7-3-5-16)13(19)10-4-6-17-12(15)11(10)14/h4,6,9H,3,7-8H2,1-2H3. The van der Waals surface area contributed by atoms with Gasteiger partial charge >= 0.3 is 0 Å². The number of aromatic nitrogens is 1. The van der Waals surface area contributed by atoms with E-state index in [1.807, 2.05) is 19.9 Å². The van der Waals surface area contributed by atoms with Crippen molar-refractivity contribution in [3.63, 3.8) is 0 Å². The number of pyridine rings is 1. The number of hydrogen-bond donors (Lipinski definition) is 0. The number of nitriles is 1. The van der Waals surface area contributed by atoms with Crippen molar-refractivity contribution < 1.29 is 13.6 Å². The summed E-state index contributed by atoms with van der Waals surface area (Å²) in [7, 11) is 0. The van der Waals surface area contributed by atoms with E-state index in [9.17, 15) is 13.6 Å². The molecule has 1 amide bonds. The van der Waals surface area contributed by atoms with Gasteiger partial charge in [0.2, 0.25) is 5.95 Å². The fourth-order valence-corrected chi connectivity index (χ4v) is 1.66. The molecule has 1 aromatic heterocycles. The van der Waals surface area contributed by atoms with Gasteiger partial charge in [-0.1, -0.05) is 13.8 Å². The van der Waals surface area contributed by atoms with Gasteiger partial charge in [-0.15, -0.1) is 0 Å². The van der Waals surface area contributed by atoms with Crippen LogP contribution in [-0.4, -0.2) is 28.9 Å². The number of nitrogens with zero attached hydrogens (tertiary/aromatic N) is 3. The van der Waals surface area contributed by atoms with E-state index in [2.05, 4.69) is 4.98 Å². The molecule has 0 unspecified atom stereocenters. The molecule has 19 heavy (non-hydrogen) atoms. The van der Waals surface area contributed by atoms with Crippen LogP contribution in [0.1, 0.15) is 30.6 Å². The zero-order chi connectivity index (χ0) is 14.4. The molecule has 1 rings (SSSR count). The molecule has 0 aliphatic rings. The number of hydrogen-bond acceptors (Lipinski definition) is 3. The van der Waals surface area contributed by atoms with E-state index in [0.29, 0.717) is 6.54 Å². The first-order valence-corrected chi connectivity index (χ1v) is 5.93. The number of amides is 1. The topological polar surface area (TPSA) is 57.0 Å². The average Bonchev–Trinajstić information content (AvgIpc) is 2.36. The summed E-state index contributed by atoms with van der Waals surface area (Å²) in [6.45, 7) is 4.37. The van der Waals surface area contributed by atoms with Crippen molar-refractivity contribution in [1.29, 1.82) is 5.26 Å². The minimum absolute atomic E-state index is 0.146. The highest BCUT2D eigenvalue weighted by molar-refractivity contribution is 5.94. The van der Waals surface area contributed by atoms with E-state index >= 15 is 0 Å². The maximum atomic E-state index is 13.5. The van der Waals surface area contributed by atoms with Gasteiger partial charge in [0.1, 0.15) is 0 Å². The molecule has 0 atom stereocenters. The maximum Gasteiger partial charge on any atom is 0.257 e. The van der Waals surface area contributed by atoms with Gasteiger partial charge in [0.25, 0.3) is 5.91 Å². The lowest BCUT2D eigenvalue weighted by Crippen LogP contribution is -2.35. The fourth-order valence-electron chi connectivity index (χ4n) is 1.66. The molecule has 0 saturated heterocycles. The predicted molar refractivity (Wildman–Crippen MR) is 65.1 cm³/mol. The van der Waals surface area contributed by atoms with Crippen molar-refractivity contribution in [3.8, 4) is 6.07 Å². The van der Waals surface area contributed by atoms with Crippen molar-refractivity contribution in [2.45, 2.75) is 20.3 Å². The van der Waals surface area contributed by atoms with Crippen LogP contribution in [0.3, 0.4) is 0 Å². The second kappa shape index (κ2) is 6.78. The number of halogens is 2. The summed E-state index contributed by atoms with van der Waals surface area (Å²) in [6.07, 6.45) is 1.19. The van der Waals surface area contributed by atoms with Gasteiger partial charge < -0.3 is 4.90 Å². The average molecular weight is 267 g/mol. The molecular weight excluding hydrogens is 252 g/mol. The van der Waals surface area contributed by atoms with Gasteiger partial charge in [0, 0.05) is 19.3 Å². The summed E-state index contributed by atoms with van der Waals surface area (Å²) in [4.78, 5) is 16.6. The van der Waals surface area contributed by atoms with Crippen LogP contribution in [0.2, 0.25) is 0 Å². The van der Waals surface area contributed by atoms with Gasteiger partial charge in [-0.3, -0.25) is 4.79 Å². The molecule has 1 aromatic rings. The predicted octanol–water partition coefficient (Wildman–Crippen LogP) is 2.37. The lowest BCUT2D eigenvalue weighted by atomic mass is 10.1. The number of carbonyl (C=O) groups excluding carboxylic acids is 1. The van der Waals surface area contributed by atoms with Crippen molar-refractivity contribution in [3.05, 3.63) is 29.6 Å². The van der Waals surface area contributed by atoms with Gasteiger partial charge in [0.05, 0.1) is 18.1 Å². The molecule has 4 nitrogen and oxygen atoms in total. The monoisotopic (exact) mass is 267 g/mol. The van der Waals surface area contributed by atoms with Crippen molar-refractivity contribution in [2.24, 2.45) is 5.92 Å². The summed E-state index contributed by atoms with van der Waals surface area (Å²) >= 11 is 0. The molecule has 0 saturated carbocycles. The highest BCUT2D eigenvalue weighted by atomic mass is 19.2. The Hall–Kier alpha value is -2.03. The second-order valence-electron chi connectivity index (χ2n) is 4.52. The number of carbonyl (C=O) groups is 1. The van der Waals surface area contributed by atoms with Crippen LogP contribution in [0.5, 0.6) is 0 Å². The molecule has 0 bridgehead atoms. The summed E-state index contributed by atoms with van der Waals surface area (Å²) in [5.74, 6) is -3.01. The lowest BCUT2D eigenvalue weighted by molar-refractivity contribution is 0.0733. The summed E-state index contributed by atoms with van der Waals surface area (Å²) < 4.78 is 26.5. The Balaban J connectivity index is 2.98. The van der Waals surface area contributed by atoms with Gasteiger partial charge in [0.15, 0.2) is 5.82 Å². The van der Waals surface area contributed by atoms with E-state index in [1.165, 1.54) is 4.90 Å². The first-order valence-electron chi connectivity index (χ1n) is 5.93. The summed E-state index contributed by atoms with van der Waals surface area (Å²) in [5.41, 5.74) is -0.355. The van der Waals surface area contributed by atoms with Crippen molar-refractivity contribution in [2.75, 3.05) is 13.1 Å². The zero-order valence-corrected chi connectivity index (χ0v) is 10.9. The molecule has 0 N–H and O–H groups in total. The highest BCUT2D eigenvalue weighted by Crippen LogP contribution is 2.13. The maximum absolute atomic E-state index is 13.5. The molecule has 0 aliphatic carbocycles. The van der Waals surface area contributed by atoms with E-state index < -0.39 is 17.7 Å². The molecule has 0 fully saturated rings. The fraction of sp³-hybridized carbons (Fsp3) is 0.462. The van der Waals surface area contributed by atoms with E-state index in [4.69, 9.17) is 5.26 Å². The zero-order valence-electron chi connectivity index (χ0n) is 10.9. The SMILES string of the molecule is CC(C)CN(CCC#N)C(=O)c1ccnc(F)c1F. The largest absolute Gasteiger partial charge is 0.337 e. The highest BCUT2D eigenvalue weighted by Gasteiger charge is 2.22. The third kappa shape index (κ3) is 3.98. The Morgan fingerprint density at radius 3 is 2.79 bits per heavy atom. The molecule has 6 heteroatoms. The molecule has 0 radical (unpaired) electrons. The Labute approximate surface area is 110 Å². The number of rotatable bonds is 5. The van der Waals surface area contributed by atoms with Crippen LogP contribution in [-0.2, 0) is 0 Å². The first-order chi connectivity index (χ1) is 8.97. The van der Waals surface area contributed by atoms with Gasteiger partial charge in [-0.2, -0.15) is 9.65 Å². The van der Waals surface area contributed by atoms with Gasteiger partial charge in [-0.05, 0) is 12.0 Å². The molecular formula is C13H15F2N3O. The molecule has 0 spiro atoms. The third-order valence-corrected chi connectivity index (χ3v) is 2.44. The molecule has 1 heterocycles. The minimum Gasteiger partial charge on any atom is -0.337 e. The Kier molecular flexibility index (Phi) is 5.37. The van der Waals surface area contributed by atoms with Crippen molar-refractivity contribution >= 4 is 5.91 Å². The summed E-state index contributed by atoms with van der Waals surface area (Å²) in [6, 6.07) is 3.07. The lowest BCUT2D eigenvalue weighted by Gasteiger charge is -2.23. The minimum atomic E-state index is -1.30. The Morgan fingerprint density at radius 1 is 1.53 bits per heavy atom. The van der Waals surface area contributed by atoms with Crippen LogP contribution in [0.4, 0.5) is 8.78 Å². The quantitative estimate of drug-likeness (QED) is 0.769. The van der Waals surface area contributed by atoms with Crippen LogP contribution in [0, 0.1) is 29.0 Å². The van der Waals surface area contributed by atoms with Crippen molar-refractivity contribution in [1.82, 2.24) is 9.88 Å². The van der Waals surface area contributed by atoms with E-state index in [-0.39, 0.29) is 24.4 Å². The Bertz CT molecular complexity index is 497.